The smallest absolute Gasteiger partial charge is 0.416 e. The highest BCUT2D eigenvalue weighted by Gasteiger charge is 2.30. The minimum atomic E-state index is -4.37. The standard InChI is InChI=1S/C24H37F3N2O2/c1-7-9-13-20(16-19(3)17-29-22(30)31-23(4,5)6)18-28-15-11-10-14-21(12-8-2)24(25,26)27/h8-14,16,19,28H,7,15,17-18H2,1-6H3,(H,29,30)/b11-10+,12-8-,13-9-,20-16+,21-14+. The second kappa shape index (κ2) is 14.7. The number of alkyl halides is 3. The number of carbonyl (C=O) groups is 1. The Labute approximate surface area is 185 Å². The van der Waals surface area contributed by atoms with Gasteiger partial charge in [-0.15, -0.1) is 0 Å². The highest BCUT2D eigenvalue weighted by Crippen LogP contribution is 2.26. The van der Waals surface area contributed by atoms with Gasteiger partial charge in [0.05, 0.1) is 5.57 Å². The maximum absolute atomic E-state index is 12.8. The lowest BCUT2D eigenvalue weighted by Crippen LogP contribution is -2.34. The third kappa shape index (κ3) is 16.1. The summed E-state index contributed by atoms with van der Waals surface area (Å²) in [6.45, 7) is 12.4. The van der Waals surface area contributed by atoms with Crippen LogP contribution in [0.1, 0.15) is 48.0 Å². The van der Waals surface area contributed by atoms with Gasteiger partial charge in [-0.05, 0) is 45.6 Å². The molecule has 0 aromatic rings. The van der Waals surface area contributed by atoms with Crippen LogP contribution in [0.25, 0.3) is 0 Å². The van der Waals surface area contributed by atoms with Gasteiger partial charge in [0.25, 0.3) is 0 Å². The molecule has 0 saturated carbocycles. The van der Waals surface area contributed by atoms with Gasteiger partial charge < -0.3 is 15.4 Å². The van der Waals surface area contributed by atoms with Gasteiger partial charge in [0, 0.05) is 19.6 Å². The Balaban J connectivity index is 4.75. The Bertz CT molecular complexity index is 682. The molecule has 0 aliphatic rings. The molecule has 0 aliphatic heterocycles. The number of rotatable bonds is 11. The molecule has 0 spiro atoms. The fourth-order valence-corrected chi connectivity index (χ4v) is 2.39. The van der Waals surface area contributed by atoms with Gasteiger partial charge in [-0.2, -0.15) is 13.2 Å². The van der Waals surface area contributed by atoms with Gasteiger partial charge in [0.2, 0.25) is 0 Å². The molecule has 1 amide bonds. The summed E-state index contributed by atoms with van der Waals surface area (Å²) in [6.07, 6.45) is 8.66. The first kappa shape index (κ1) is 28.7. The summed E-state index contributed by atoms with van der Waals surface area (Å²) in [5, 5.41) is 5.95. The Hall–Kier alpha value is -2.28. The molecule has 31 heavy (non-hydrogen) atoms. The molecular formula is C24H37F3N2O2. The second-order valence-corrected chi connectivity index (χ2v) is 8.09. The van der Waals surface area contributed by atoms with Gasteiger partial charge in [0.1, 0.15) is 5.60 Å². The Morgan fingerprint density at radius 3 is 2.35 bits per heavy atom. The molecule has 4 nitrogen and oxygen atoms in total. The van der Waals surface area contributed by atoms with Crippen LogP contribution in [0.3, 0.4) is 0 Å². The van der Waals surface area contributed by atoms with E-state index in [0.29, 0.717) is 19.6 Å². The normalized spacial score (nSPS) is 15.3. The van der Waals surface area contributed by atoms with Crippen LogP contribution in [0.4, 0.5) is 18.0 Å². The monoisotopic (exact) mass is 442 g/mol. The number of ether oxygens (including phenoxy) is 1. The number of carbonyl (C=O) groups excluding carboxylic acids is 1. The van der Waals surface area contributed by atoms with Crippen LogP contribution in [0.2, 0.25) is 0 Å². The largest absolute Gasteiger partial charge is 0.444 e. The molecule has 1 unspecified atom stereocenters. The summed E-state index contributed by atoms with van der Waals surface area (Å²) < 4.78 is 43.6. The third-order valence-corrected chi connectivity index (χ3v) is 3.71. The quantitative estimate of drug-likeness (QED) is 0.294. The molecule has 0 aromatic carbocycles. The van der Waals surface area contributed by atoms with Crippen molar-refractivity contribution in [1.29, 1.82) is 0 Å². The molecule has 7 heteroatoms. The minimum Gasteiger partial charge on any atom is -0.444 e. The molecule has 0 bridgehead atoms. The Kier molecular flexibility index (Phi) is 13.6. The number of amides is 1. The van der Waals surface area contributed by atoms with E-state index in [0.717, 1.165) is 24.1 Å². The van der Waals surface area contributed by atoms with Crippen molar-refractivity contribution in [2.24, 2.45) is 5.92 Å². The van der Waals surface area contributed by atoms with E-state index < -0.39 is 23.4 Å². The van der Waals surface area contributed by atoms with Gasteiger partial charge in [-0.1, -0.05) is 62.5 Å². The van der Waals surface area contributed by atoms with E-state index in [-0.39, 0.29) is 5.92 Å². The molecule has 0 aliphatic carbocycles. The first-order valence-corrected chi connectivity index (χ1v) is 10.5. The highest BCUT2D eigenvalue weighted by atomic mass is 19.4. The van der Waals surface area contributed by atoms with Gasteiger partial charge in [-0.25, -0.2) is 4.79 Å². The summed E-state index contributed by atoms with van der Waals surface area (Å²) in [5.74, 6) is 0.0828. The molecule has 0 rings (SSSR count). The average molecular weight is 443 g/mol. The van der Waals surface area contributed by atoms with E-state index >= 15 is 0 Å². The van der Waals surface area contributed by atoms with Crippen LogP contribution in [0.5, 0.6) is 0 Å². The molecule has 176 valence electrons. The lowest BCUT2D eigenvalue weighted by atomic mass is 10.1. The van der Waals surface area contributed by atoms with E-state index in [1.807, 2.05) is 52.8 Å². The number of allylic oxidation sites excluding steroid dienone is 6. The lowest BCUT2D eigenvalue weighted by molar-refractivity contribution is -0.0881. The van der Waals surface area contributed by atoms with Gasteiger partial charge in [0.15, 0.2) is 0 Å². The van der Waals surface area contributed by atoms with Crippen LogP contribution in [0.15, 0.2) is 59.8 Å². The van der Waals surface area contributed by atoms with Crippen LogP contribution in [0, 0.1) is 5.92 Å². The summed E-state index contributed by atoms with van der Waals surface area (Å²) in [5.41, 5.74) is -0.198. The molecule has 1 atom stereocenters. The lowest BCUT2D eigenvalue weighted by Gasteiger charge is -2.20. The van der Waals surface area contributed by atoms with Gasteiger partial charge in [-0.3, -0.25) is 0 Å². The summed E-state index contributed by atoms with van der Waals surface area (Å²) in [4.78, 5) is 11.8. The second-order valence-electron chi connectivity index (χ2n) is 8.09. The van der Waals surface area contributed by atoms with Gasteiger partial charge >= 0.3 is 12.3 Å². The fourth-order valence-electron chi connectivity index (χ4n) is 2.39. The van der Waals surface area contributed by atoms with Crippen molar-refractivity contribution in [3.63, 3.8) is 0 Å². The Morgan fingerprint density at radius 2 is 1.81 bits per heavy atom. The topological polar surface area (TPSA) is 50.4 Å². The molecule has 0 heterocycles. The van der Waals surface area contributed by atoms with E-state index in [9.17, 15) is 18.0 Å². The molecule has 2 N–H and O–H groups in total. The molecule has 0 aromatic heterocycles. The van der Waals surface area contributed by atoms with Crippen LogP contribution in [-0.2, 0) is 4.74 Å². The zero-order valence-corrected chi connectivity index (χ0v) is 19.5. The van der Waals surface area contributed by atoms with Crippen molar-refractivity contribution >= 4 is 6.09 Å². The maximum atomic E-state index is 12.8. The van der Waals surface area contributed by atoms with E-state index in [1.165, 1.54) is 12.2 Å². The number of nitrogens with one attached hydrogen (secondary N) is 2. The summed E-state index contributed by atoms with van der Waals surface area (Å²) >= 11 is 0. The minimum absolute atomic E-state index is 0.0828. The Morgan fingerprint density at radius 1 is 1.13 bits per heavy atom. The first-order valence-electron chi connectivity index (χ1n) is 10.5. The molecule has 0 saturated heterocycles. The molecule has 0 radical (unpaired) electrons. The summed E-state index contributed by atoms with van der Waals surface area (Å²) in [6, 6.07) is 0. The zero-order chi connectivity index (χ0) is 23.9. The van der Waals surface area contributed by atoms with E-state index in [2.05, 4.69) is 10.6 Å². The van der Waals surface area contributed by atoms with E-state index in [1.54, 1.807) is 13.0 Å². The van der Waals surface area contributed by atoms with Crippen LogP contribution < -0.4 is 10.6 Å². The van der Waals surface area contributed by atoms with Crippen molar-refractivity contribution in [3.05, 3.63) is 59.8 Å². The zero-order valence-electron chi connectivity index (χ0n) is 19.5. The maximum Gasteiger partial charge on any atom is 0.416 e. The van der Waals surface area contributed by atoms with Crippen LogP contribution >= 0.6 is 0 Å². The first-order chi connectivity index (χ1) is 14.4. The third-order valence-electron chi connectivity index (χ3n) is 3.71. The van der Waals surface area contributed by atoms with Crippen molar-refractivity contribution in [2.75, 3.05) is 19.6 Å². The van der Waals surface area contributed by atoms with Crippen molar-refractivity contribution in [3.8, 4) is 0 Å². The van der Waals surface area contributed by atoms with Crippen molar-refractivity contribution < 1.29 is 22.7 Å². The molecule has 0 fully saturated rings. The number of halogens is 3. The molecular weight excluding hydrogens is 405 g/mol. The van der Waals surface area contributed by atoms with Crippen LogP contribution in [-0.4, -0.2) is 37.5 Å². The highest BCUT2D eigenvalue weighted by molar-refractivity contribution is 5.67. The fraction of sp³-hybridized carbons (Fsp3) is 0.542. The predicted octanol–water partition coefficient (Wildman–Crippen LogP) is 6.25. The average Bonchev–Trinajstić information content (AvgIpc) is 2.63. The number of hydrogen-bond acceptors (Lipinski definition) is 3. The SMILES string of the molecule is C\C=C/C(=C\C=C\CNCC(/C=C\CC)=C/C(C)CNC(=O)OC(C)(C)C)C(F)(F)F. The number of alkyl carbamates (subject to hydrolysis) is 1. The van der Waals surface area contributed by atoms with E-state index in [4.69, 9.17) is 4.74 Å². The summed E-state index contributed by atoms with van der Waals surface area (Å²) in [7, 11) is 0. The number of hydrogen-bond donors (Lipinski definition) is 2. The van der Waals surface area contributed by atoms with Crippen molar-refractivity contribution in [1.82, 2.24) is 10.6 Å². The predicted molar refractivity (Wildman–Crippen MR) is 122 cm³/mol. The van der Waals surface area contributed by atoms with Crippen molar-refractivity contribution in [2.45, 2.75) is 59.7 Å².